The highest BCUT2D eigenvalue weighted by Crippen LogP contribution is 2.23. The van der Waals surface area contributed by atoms with Crippen LogP contribution in [0.1, 0.15) is 21.5 Å². The number of benzene rings is 2. The van der Waals surface area contributed by atoms with E-state index in [0.717, 1.165) is 10.0 Å². The molecule has 108 valence electrons. The van der Waals surface area contributed by atoms with E-state index in [1.807, 2.05) is 6.07 Å². The van der Waals surface area contributed by atoms with E-state index in [0.29, 0.717) is 11.3 Å². The van der Waals surface area contributed by atoms with Crippen molar-refractivity contribution in [3.8, 4) is 5.75 Å². The normalized spacial score (nSPS) is 10.7. The van der Waals surface area contributed by atoms with Gasteiger partial charge in [-0.2, -0.15) is 0 Å². The lowest BCUT2D eigenvalue weighted by atomic mass is 10.1. The fraction of sp³-hybridized carbons (Fsp3) is 0.0667. The van der Waals surface area contributed by atoms with Gasteiger partial charge in [0.05, 0.1) is 11.8 Å². The summed E-state index contributed by atoms with van der Waals surface area (Å²) in [6.45, 7) is 0.286. The predicted molar refractivity (Wildman–Crippen MR) is 81.3 cm³/mol. The van der Waals surface area contributed by atoms with Gasteiger partial charge < -0.3 is 15.1 Å². The van der Waals surface area contributed by atoms with Crippen LogP contribution in [0.4, 0.5) is 0 Å². The third-order valence-electron chi connectivity index (χ3n) is 2.76. The zero-order valence-electron chi connectivity index (χ0n) is 10.9. The summed E-state index contributed by atoms with van der Waals surface area (Å²) in [6.07, 6.45) is 1.29. The number of hydrogen-bond acceptors (Lipinski definition) is 4. The summed E-state index contributed by atoms with van der Waals surface area (Å²) in [5, 5.41) is 20.5. The molecule has 0 heterocycles. The number of halogens is 1. The van der Waals surface area contributed by atoms with Crippen LogP contribution in [0.25, 0.3) is 0 Å². The fourth-order valence-corrected chi connectivity index (χ4v) is 2.10. The first-order valence-corrected chi connectivity index (χ1v) is 6.81. The monoisotopic (exact) mass is 349 g/mol. The third kappa shape index (κ3) is 4.06. The number of carboxylic acid groups (broad SMARTS) is 1. The molecule has 0 radical (unpaired) electrons. The standard InChI is InChI=1S/C15H12BrNO4/c16-13-5-6-14(12(7-13)8-17-20)21-9-10-1-3-11(4-2-10)15(18)19/h1-8,20H,9H2,(H,18,19)/b17-8+. The molecule has 2 aromatic rings. The number of oxime groups is 1. The summed E-state index contributed by atoms with van der Waals surface area (Å²) >= 11 is 3.33. The summed E-state index contributed by atoms with van der Waals surface area (Å²) in [5.41, 5.74) is 1.71. The van der Waals surface area contributed by atoms with Crippen molar-refractivity contribution in [2.45, 2.75) is 6.61 Å². The van der Waals surface area contributed by atoms with Gasteiger partial charge in [0.1, 0.15) is 12.4 Å². The maximum atomic E-state index is 10.8. The molecule has 0 amide bonds. The first kappa shape index (κ1) is 15.1. The molecular weight excluding hydrogens is 338 g/mol. The third-order valence-corrected chi connectivity index (χ3v) is 3.26. The smallest absolute Gasteiger partial charge is 0.335 e. The number of carbonyl (C=O) groups is 1. The van der Waals surface area contributed by atoms with Gasteiger partial charge in [-0.25, -0.2) is 4.79 Å². The second-order valence-corrected chi connectivity index (χ2v) is 5.13. The van der Waals surface area contributed by atoms with Crippen LogP contribution in [0.2, 0.25) is 0 Å². The van der Waals surface area contributed by atoms with Gasteiger partial charge in [0, 0.05) is 10.0 Å². The Kier molecular flexibility index (Phi) is 4.94. The molecular formula is C15H12BrNO4. The van der Waals surface area contributed by atoms with E-state index in [-0.39, 0.29) is 12.2 Å². The average molecular weight is 350 g/mol. The van der Waals surface area contributed by atoms with Gasteiger partial charge in [0.25, 0.3) is 0 Å². The molecule has 0 aromatic heterocycles. The van der Waals surface area contributed by atoms with Crippen molar-refractivity contribution in [3.63, 3.8) is 0 Å². The van der Waals surface area contributed by atoms with Gasteiger partial charge in [-0.05, 0) is 35.9 Å². The fourth-order valence-electron chi connectivity index (χ4n) is 1.72. The number of rotatable bonds is 5. The first-order valence-electron chi connectivity index (χ1n) is 6.02. The van der Waals surface area contributed by atoms with Crippen LogP contribution in [0.15, 0.2) is 52.1 Å². The molecule has 21 heavy (non-hydrogen) atoms. The first-order chi connectivity index (χ1) is 10.1. The van der Waals surface area contributed by atoms with Crippen LogP contribution in [-0.2, 0) is 6.61 Å². The Bertz CT molecular complexity index is 668. The van der Waals surface area contributed by atoms with Crippen LogP contribution in [-0.4, -0.2) is 22.5 Å². The van der Waals surface area contributed by atoms with E-state index in [9.17, 15) is 4.79 Å². The zero-order valence-corrected chi connectivity index (χ0v) is 12.4. The van der Waals surface area contributed by atoms with Crippen LogP contribution >= 0.6 is 15.9 Å². The average Bonchev–Trinajstić information content (AvgIpc) is 2.47. The Balaban J connectivity index is 2.10. The van der Waals surface area contributed by atoms with Crippen molar-refractivity contribution in [2.75, 3.05) is 0 Å². The van der Waals surface area contributed by atoms with Gasteiger partial charge in [-0.3, -0.25) is 0 Å². The highest BCUT2D eigenvalue weighted by Gasteiger charge is 2.05. The minimum atomic E-state index is -0.961. The molecule has 0 saturated carbocycles. The molecule has 0 aliphatic carbocycles. The predicted octanol–water partition coefficient (Wildman–Crippen LogP) is 3.53. The highest BCUT2D eigenvalue weighted by molar-refractivity contribution is 9.10. The van der Waals surface area contributed by atoms with Crippen LogP contribution in [0, 0.1) is 0 Å². The van der Waals surface area contributed by atoms with E-state index < -0.39 is 5.97 Å². The van der Waals surface area contributed by atoms with Gasteiger partial charge in [0.2, 0.25) is 0 Å². The Morgan fingerprint density at radius 1 is 1.24 bits per heavy atom. The second-order valence-electron chi connectivity index (χ2n) is 4.22. The number of nitrogens with zero attached hydrogens (tertiary/aromatic N) is 1. The summed E-state index contributed by atoms with van der Waals surface area (Å²) < 4.78 is 6.50. The Labute approximate surface area is 129 Å². The van der Waals surface area contributed by atoms with Crippen molar-refractivity contribution < 1.29 is 19.8 Å². The lowest BCUT2D eigenvalue weighted by molar-refractivity contribution is 0.0697. The lowest BCUT2D eigenvalue weighted by Gasteiger charge is -2.09. The Morgan fingerprint density at radius 2 is 1.95 bits per heavy atom. The van der Waals surface area contributed by atoms with Crippen molar-refractivity contribution in [1.29, 1.82) is 0 Å². The van der Waals surface area contributed by atoms with E-state index in [1.54, 1.807) is 24.3 Å². The van der Waals surface area contributed by atoms with Crippen LogP contribution in [0.5, 0.6) is 5.75 Å². The molecule has 0 saturated heterocycles. The molecule has 0 aliphatic rings. The topological polar surface area (TPSA) is 79.1 Å². The van der Waals surface area contributed by atoms with Crippen molar-refractivity contribution >= 4 is 28.1 Å². The van der Waals surface area contributed by atoms with E-state index in [2.05, 4.69) is 21.1 Å². The number of aromatic carboxylic acids is 1. The van der Waals surface area contributed by atoms with Gasteiger partial charge in [0.15, 0.2) is 0 Å². The second kappa shape index (κ2) is 6.90. The zero-order chi connectivity index (χ0) is 15.2. The SMILES string of the molecule is O=C(O)c1ccc(COc2ccc(Br)cc2/C=N/O)cc1. The maximum absolute atomic E-state index is 10.8. The minimum Gasteiger partial charge on any atom is -0.488 e. The van der Waals surface area contributed by atoms with Gasteiger partial charge in [-0.15, -0.1) is 0 Å². The number of ether oxygens (including phenoxy) is 1. The maximum Gasteiger partial charge on any atom is 0.335 e. The van der Waals surface area contributed by atoms with Gasteiger partial charge >= 0.3 is 5.97 Å². The molecule has 0 bridgehead atoms. The molecule has 0 atom stereocenters. The molecule has 5 nitrogen and oxygen atoms in total. The quantitative estimate of drug-likeness (QED) is 0.491. The molecule has 0 spiro atoms. The molecule has 2 N–H and O–H groups in total. The van der Waals surface area contributed by atoms with Crippen molar-refractivity contribution in [3.05, 3.63) is 63.6 Å². The molecule has 0 unspecified atom stereocenters. The molecule has 2 rings (SSSR count). The molecule has 6 heteroatoms. The van der Waals surface area contributed by atoms with E-state index >= 15 is 0 Å². The van der Waals surface area contributed by atoms with Crippen LogP contribution in [0.3, 0.4) is 0 Å². The summed E-state index contributed by atoms with van der Waals surface area (Å²) in [7, 11) is 0. The lowest BCUT2D eigenvalue weighted by Crippen LogP contribution is -2.00. The van der Waals surface area contributed by atoms with E-state index in [4.69, 9.17) is 15.1 Å². The van der Waals surface area contributed by atoms with Crippen LogP contribution < -0.4 is 4.74 Å². The molecule has 0 aliphatic heterocycles. The molecule has 0 fully saturated rings. The van der Waals surface area contributed by atoms with E-state index in [1.165, 1.54) is 18.3 Å². The minimum absolute atomic E-state index is 0.232. The highest BCUT2D eigenvalue weighted by atomic mass is 79.9. The summed E-state index contributed by atoms with van der Waals surface area (Å²) in [6, 6.07) is 11.8. The van der Waals surface area contributed by atoms with Gasteiger partial charge in [-0.1, -0.05) is 33.2 Å². The number of carboxylic acids is 1. The summed E-state index contributed by atoms with van der Waals surface area (Å²) in [5.74, 6) is -0.393. The number of hydrogen-bond donors (Lipinski definition) is 2. The largest absolute Gasteiger partial charge is 0.488 e. The van der Waals surface area contributed by atoms with Crippen molar-refractivity contribution in [2.24, 2.45) is 5.16 Å². The Morgan fingerprint density at radius 3 is 2.57 bits per heavy atom. The molecule has 2 aromatic carbocycles. The van der Waals surface area contributed by atoms with Crippen molar-refractivity contribution in [1.82, 2.24) is 0 Å². The Hall–Kier alpha value is -2.34. The summed E-state index contributed by atoms with van der Waals surface area (Å²) in [4.78, 5) is 10.8.